The molecule has 0 unspecified atom stereocenters. The largest absolute Gasteiger partial charge is 0.462 e. The summed E-state index contributed by atoms with van der Waals surface area (Å²) in [5, 5.41) is 0. The molecule has 1 aromatic rings. The minimum atomic E-state index is -0.343. The van der Waals surface area contributed by atoms with Crippen LogP contribution in [0.2, 0.25) is 0 Å². The van der Waals surface area contributed by atoms with Gasteiger partial charge in [-0.2, -0.15) is 0 Å². The molecule has 4 aliphatic rings. The maximum atomic E-state index is 12.8. The molecule has 2 aliphatic heterocycles. The predicted molar refractivity (Wildman–Crippen MR) is 122 cm³/mol. The van der Waals surface area contributed by atoms with Crippen LogP contribution >= 0.6 is 0 Å². The van der Waals surface area contributed by atoms with Crippen LogP contribution in [-0.2, 0) is 20.7 Å². The number of fused-ring (bicyclic) bond motifs is 1. The van der Waals surface area contributed by atoms with E-state index in [-0.39, 0.29) is 23.8 Å². The van der Waals surface area contributed by atoms with Gasteiger partial charge in [-0.15, -0.1) is 0 Å². The van der Waals surface area contributed by atoms with Crippen molar-refractivity contribution in [1.82, 2.24) is 4.90 Å². The molecule has 1 saturated heterocycles. The van der Waals surface area contributed by atoms with Gasteiger partial charge in [-0.1, -0.05) is 0 Å². The Morgan fingerprint density at radius 3 is 2.44 bits per heavy atom. The Labute approximate surface area is 190 Å². The van der Waals surface area contributed by atoms with E-state index in [1.54, 1.807) is 19.1 Å². The number of anilines is 1. The summed E-state index contributed by atoms with van der Waals surface area (Å²) in [5.41, 5.74) is 2.96. The third kappa shape index (κ3) is 4.21. The highest BCUT2D eigenvalue weighted by Crippen LogP contribution is 2.57. The summed E-state index contributed by atoms with van der Waals surface area (Å²) in [7, 11) is 0. The van der Waals surface area contributed by atoms with E-state index in [9.17, 15) is 14.4 Å². The number of ether oxygens (including phenoxy) is 1. The Kier molecular flexibility index (Phi) is 5.82. The van der Waals surface area contributed by atoms with Crippen molar-refractivity contribution in [2.45, 2.75) is 70.8 Å². The number of nitrogens with zero attached hydrogens (tertiary/aromatic N) is 2. The van der Waals surface area contributed by atoms with Gasteiger partial charge in [0.05, 0.1) is 25.1 Å². The molecule has 2 heterocycles. The first-order valence-electron chi connectivity index (χ1n) is 12.4. The molecule has 0 atom stereocenters. The molecule has 172 valence electrons. The minimum absolute atomic E-state index is 0.103. The number of carbonyl (C=O) groups excluding carboxylic acids is 3. The lowest BCUT2D eigenvalue weighted by Crippen LogP contribution is -2.48. The van der Waals surface area contributed by atoms with Gasteiger partial charge in [0.15, 0.2) is 0 Å². The van der Waals surface area contributed by atoms with Crippen LogP contribution in [0.25, 0.3) is 0 Å². The van der Waals surface area contributed by atoms with E-state index in [4.69, 9.17) is 4.74 Å². The summed E-state index contributed by atoms with van der Waals surface area (Å²) in [5.74, 6) is 0.448. The van der Waals surface area contributed by atoms with E-state index in [1.807, 2.05) is 11.0 Å². The van der Waals surface area contributed by atoms with Crippen molar-refractivity contribution < 1.29 is 19.1 Å². The van der Waals surface area contributed by atoms with Gasteiger partial charge in [0.2, 0.25) is 5.91 Å². The zero-order chi connectivity index (χ0) is 22.3. The second kappa shape index (κ2) is 8.62. The van der Waals surface area contributed by atoms with Crippen LogP contribution in [-0.4, -0.2) is 54.8 Å². The summed E-state index contributed by atoms with van der Waals surface area (Å²) in [6.07, 6.45) is 9.53. The molecule has 5 rings (SSSR count). The van der Waals surface area contributed by atoms with Gasteiger partial charge in [-0.3, -0.25) is 14.5 Å². The monoisotopic (exact) mass is 438 g/mol. The Morgan fingerprint density at radius 2 is 1.78 bits per heavy atom. The zero-order valence-corrected chi connectivity index (χ0v) is 19.1. The first kappa shape index (κ1) is 21.6. The third-order valence-electron chi connectivity index (χ3n) is 8.22. The van der Waals surface area contributed by atoms with Crippen LogP contribution in [0, 0.1) is 11.3 Å². The number of likely N-dealkylation sites (tertiary alicyclic amines) is 1. The molecule has 0 bridgehead atoms. The van der Waals surface area contributed by atoms with Gasteiger partial charge >= 0.3 is 5.97 Å². The van der Waals surface area contributed by atoms with Gasteiger partial charge in [-0.25, -0.2) is 4.79 Å². The number of amides is 1. The third-order valence-corrected chi connectivity index (χ3v) is 8.22. The smallest absolute Gasteiger partial charge is 0.338 e. The second-order valence-electron chi connectivity index (χ2n) is 10.3. The highest BCUT2D eigenvalue weighted by molar-refractivity contribution is 6.03. The van der Waals surface area contributed by atoms with Crippen LogP contribution in [0.1, 0.15) is 74.2 Å². The average molecular weight is 439 g/mol. The summed E-state index contributed by atoms with van der Waals surface area (Å²) in [4.78, 5) is 41.9. The number of carbonyl (C=O) groups is 3. The number of rotatable bonds is 6. The highest BCUT2D eigenvalue weighted by atomic mass is 16.5. The molecular formula is C26H34N2O4. The standard InChI is InChI=1S/C26H34N2O4/c1-2-32-25(31)19-3-4-22-20(15-19)16-24(30)28(22)21-7-13-27(14-8-21)17-23(29)18-5-9-26(10-6-18)11-12-26/h3-4,15,18,21H,2,5-14,16-17H2,1H3. The summed E-state index contributed by atoms with van der Waals surface area (Å²) in [6.45, 7) is 4.40. The lowest BCUT2D eigenvalue weighted by Gasteiger charge is -2.37. The number of piperidine rings is 1. The molecule has 0 radical (unpaired) electrons. The van der Waals surface area contributed by atoms with Crippen LogP contribution in [0.15, 0.2) is 18.2 Å². The highest BCUT2D eigenvalue weighted by Gasteiger charge is 2.46. The van der Waals surface area contributed by atoms with E-state index < -0.39 is 0 Å². The maximum absolute atomic E-state index is 12.8. The number of hydrogen-bond donors (Lipinski definition) is 0. The Morgan fingerprint density at radius 1 is 1.06 bits per heavy atom. The molecule has 1 amide bonds. The molecular weight excluding hydrogens is 404 g/mol. The van der Waals surface area contributed by atoms with Crippen molar-refractivity contribution in [3.63, 3.8) is 0 Å². The van der Waals surface area contributed by atoms with Crippen molar-refractivity contribution >= 4 is 23.3 Å². The summed E-state index contributed by atoms with van der Waals surface area (Å²) >= 11 is 0. The lowest BCUT2D eigenvalue weighted by atomic mass is 9.78. The topological polar surface area (TPSA) is 66.9 Å². The SMILES string of the molecule is CCOC(=O)c1ccc2c(c1)CC(=O)N2C1CCN(CC(=O)C2CCC3(CC2)CC3)CC1. The maximum Gasteiger partial charge on any atom is 0.338 e. The first-order chi connectivity index (χ1) is 15.5. The fraction of sp³-hybridized carbons (Fsp3) is 0.654. The van der Waals surface area contributed by atoms with Crippen molar-refractivity contribution in [1.29, 1.82) is 0 Å². The van der Waals surface area contributed by atoms with Gasteiger partial charge in [0.25, 0.3) is 0 Å². The molecule has 0 aromatic heterocycles. The summed E-state index contributed by atoms with van der Waals surface area (Å²) < 4.78 is 5.09. The van der Waals surface area contributed by atoms with Crippen LogP contribution in [0.5, 0.6) is 0 Å². The van der Waals surface area contributed by atoms with Gasteiger partial charge in [-0.05, 0) is 87.5 Å². The van der Waals surface area contributed by atoms with E-state index in [2.05, 4.69) is 4.90 Å². The van der Waals surface area contributed by atoms with Crippen molar-refractivity contribution in [2.24, 2.45) is 11.3 Å². The Hall–Kier alpha value is -2.21. The molecule has 2 aliphatic carbocycles. The molecule has 6 heteroatoms. The van der Waals surface area contributed by atoms with Crippen molar-refractivity contribution in [3.05, 3.63) is 29.3 Å². The van der Waals surface area contributed by atoms with Crippen LogP contribution in [0.3, 0.4) is 0 Å². The molecule has 2 saturated carbocycles. The summed E-state index contributed by atoms with van der Waals surface area (Å²) in [6, 6.07) is 5.60. The Bertz CT molecular complexity index is 904. The molecule has 3 fully saturated rings. The van der Waals surface area contributed by atoms with Gasteiger partial charge < -0.3 is 9.64 Å². The molecule has 0 N–H and O–H groups in total. The molecule has 1 spiro atoms. The fourth-order valence-electron chi connectivity index (χ4n) is 6.00. The minimum Gasteiger partial charge on any atom is -0.462 e. The first-order valence-corrected chi connectivity index (χ1v) is 12.4. The number of hydrogen-bond acceptors (Lipinski definition) is 5. The van der Waals surface area contributed by atoms with Gasteiger partial charge in [0.1, 0.15) is 5.78 Å². The Balaban J connectivity index is 1.16. The van der Waals surface area contributed by atoms with E-state index in [0.29, 0.717) is 36.3 Å². The van der Waals surface area contributed by atoms with Crippen molar-refractivity contribution in [3.8, 4) is 0 Å². The lowest BCUT2D eigenvalue weighted by molar-refractivity contribution is -0.126. The molecule has 32 heavy (non-hydrogen) atoms. The number of esters is 1. The van der Waals surface area contributed by atoms with E-state index in [1.165, 1.54) is 25.7 Å². The fourth-order valence-corrected chi connectivity index (χ4v) is 6.00. The number of ketones is 1. The average Bonchev–Trinajstić information content (AvgIpc) is 3.46. The number of Topliss-reactive ketones (excluding diaryl/α,β-unsaturated/α-hetero) is 1. The van der Waals surface area contributed by atoms with E-state index >= 15 is 0 Å². The predicted octanol–water partition coefficient (Wildman–Crippen LogP) is 3.76. The number of benzene rings is 1. The van der Waals surface area contributed by atoms with Crippen LogP contribution < -0.4 is 4.90 Å². The quantitative estimate of drug-likeness (QED) is 0.633. The van der Waals surface area contributed by atoms with E-state index in [0.717, 1.165) is 50.0 Å². The zero-order valence-electron chi connectivity index (χ0n) is 19.1. The normalized spacial score (nSPS) is 23.4. The van der Waals surface area contributed by atoms with Gasteiger partial charge in [0, 0.05) is 30.7 Å². The van der Waals surface area contributed by atoms with Crippen molar-refractivity contribution in [2.75, 3.05) is 31.1 Å². The second-order valence-corrected chi connectivity index (χ2v) is 10.3. The molecule has 1 aromatic carbocycles. The van der Waals surface area contributed by atoms with Crippen LogP contribution in [0.4, 0.5) is 5.69 Å². The molecule has 6 nitrogen and oxygen atoms in total.